The average Bonchev–Trinajstić information content (AvgIpc) is 3.45. The molecule has 0 N–H and O–H groups in total. The van der Waals surface area contributed by atoms with Crippen molar-refractivity contribution in [1.82, 2.24) is 19.1 Å². The van der Waals surface area contributed by atoms with E-state index >= 15 is 0 Å². The summed E-state index contributed by atoms with van der Waals surface area (Å²) in [6.45, 7) is 0. The first-order valence-corrected chi connectivity index (χ1v) is 9.70. The lowest BCUT2D eigenvalue weighted by Crippen LogP contribution is -1.95. The number of hydrogen-bond donors (Lipinski definition) is 0. The molecule has 0 atom stereocenters. The van der Waals surface area contributed by atoms with Crippen molar-refractivity contribution in [3.05, 3.63) is 103 Å². The van der Waals surface area contributed by atoms with Gasteiger partial charge in [0.1, 0.15) is 12.1 Å². The van der Waals surface area contributed by atoms with E-state index in [9.17, 15) is 0 Å². The van der Waals surface area contributed by atoms with Crippen LogP contribution in [-0.2, 0) is 0 Å². The molecule has 0 aliphatic rings. The summed E-state index contributed by atoms with van der Waals surface area (Å²) >= 11 is 0. The van der Waals surface area contributed by atoms with E-state index in [1.54, 1.807) is 13.4 Å². The highest BCUT2D eigenvalue weighted by Gasteiger charge is 2.08. The number of fused-ring (bicyclic) bond motifs is 1. The molecule has 146 valence electrons. The Bertz CT molecular complexity index is 1350. The maximum atomic E-state index is 5.46. The molecule has 0 aliphatic carbocycles. The summed E-state index contributed by atoms with van der Waals surface area (Å²) in [5.74, 6) is 0.808. The lowest BCUT2D eigenvalue weighted by atomic mass is 10.1. The first-order chi connectivity index (χ1) is 14.8. The first kappa shape index (κ1) is 17.9. The van der Waals surface area contributed by atoms with Crippen molar-refractivity contribution in [2.24, 2.45) is 0 Å². The van der Waals surface area contributed by atoms with Crippen molar-refractivity contribution in [2.45, 2.75) is 0 Å². The summed E-state index contributed by atoms with van der Waals surface area (Å²) in [4.78, 5) is 9.05. The molecule has 30 heavy (non-hydrogen) atoms. The number of imidazole rings is 2. The van der Waals surface area contributed by atoms with E-state index in [4.69, 9.17) is 4.74 Å². The monoisotopic (exact) mass is 392 g/mol. The topological polar surface area (TPSA) is 44.9 Å². The van der Waals surface area contributed by atoms with Crippen LogP contribution in [0.2, 0.25) is 0 Å². The van der Waals surface area contributed by atoms with E-state index in [-0.39, 0.29) is 0 Å². The van der Waals surface area contributed by atoms with Crippen molar-refractivity contribution in [3.8, 4) is 17.1 Å². The van der Waals surface area contributed by atoms with E-state index in [1.165, 1.54) is 0 Å². The van der Waals surface area contributed by atoms with Gasteiger partial charge in [0, 0.05) is 6.20 Å². The quantitative estimate of drug-likeness (QED) is 0.403. The van der Waals surface area contributed by atoms with Crippen LogP contribution in [0.5, 0.6) is 5.75 Å². The number of aromatic nitrogens is 4. The summed E-state index contributed by atoms with van der Waals surface area (Å²) in [5.41, 5.74) is 6.05. The maximum Gasteiger partial charge on any atom is 0.142 e. The minimum atomic E-state index is 0.808. The van der Waals surface area contributed by atoms with E-state index in [0.717, 1.165) is 39.4 Å². The van der Waals surface area contributed by atoms with Gasteiger partial charge in [0.2, 0.25) is 0 Å². The van der Waals surface area contributed by atoms with Crippen LogP contribution in [0.25, 0.3) is 34.6 Å². The SMILES string of the molecule is COc1ccccc1-n1cnc(/C=C/c2ccccc2-n2cnc3ccccc32)c1. The zero-order valence-electron chi connectivity index (χ0n) is 16.5. The molecule has 0 aliphatic heterocycles. The summed E-state index contributed by atoms with van der Waals surface area (Å²) < 4.78 is 9.53. The minimum absolute atomic E-state index is 0.808. The van der Waals surface area contributed by atoms with Gasteiger partial charge < -0.3 is 9.30 Å². The average molecular weight is 392 g/mol. The van der Waals surface area contributed by atoms with Crippen LogP contribution in [0.3, 0.4) is 0 Å². The molecule has 0 saturated heterocycles. The van der Waals surface area contributed by atoms with Crippen LogP contribution in [0, 0.1) is 0 Å². The molecule has 2 aromatic heterocycles. The van der Waals surface area contributed by atoms with Crippen LogP contribution in [0.15, 0.2) is 91.6 Å². The molecule has 0 saturated carbocycles. The summed E-state index contributed by atoms with van der Waals surface area (Å²) in [6, 6.07) is 24.3. The molecule has 5 aromatic rings. The molecule has 0 unspecified atom stereocenters. The number of para-hydroxylation sites is 5. The molecule has 5 rings (SSSR count). The summed E-state index contributed by atoms with van der Waals surface area (Å²) in [7, 11) is 1.67. The van der Waals surface area contributed by atoms with Gasteiger partial charge in [-0.3, -0.25) is 4.57 Å². The number of rotatable bonds is 5. The molecule has 0 radical (unpaired) electrons. The summed E-state index contributed by atoms with van der Waals surface area (Å²) in [6.07, 6.45) is 9.76. The number of methoxy groups -OCH3 is 1. The first-order valence-electron chi connectivity index (χ1n) is 9.70. The Morgan fingerprint density at radius 1 is 0.767 bits per heavy atom. The fourth-order valence-corrected chi connectivity index (χ4v) is 3.57. The second kappa shape index (κ2) is 7.72. The van der Waals surface area contributed by atoms with E-state index in [1.807, 2.05) is 77.8 Å². The van der Waals surface area contributed by atoms with E-state index in [0.29, 0.717) is 0 Å². The lowest BCUT2D eigenvalue weighted by Gasteiger charge is -2.08. The fourth-order valence-electron chi connectivity index (χ4n) is 3.57. The molecule has 2 heterocycles. The lowest BCUT2D eigenvalue weighted by molar-refractivity contribution is 0.413. The highest BCUT2D eigenvalue weighted by molar-refractivity contribution is 5.80. The number of ether oxygens (including phenoxy) is 1. The minimum Gasteiger partial charge on any atom is -0.495 e. The molecule has 0 bridgehead atoms. The van der Waals surface area contributed by atoms with Crippen LogP contribution >= 0.6 is 0 Å². The van der Waals surface area contributed by atoms with Gasteiger partial charge in [-0.25, -0.2) is 9.97 Å². The molecule has 5 nitrogen and oxygen atoms in total. The van der Waals surface area contributed by atoms with Gasteiger partial charge in [0.15, 0.2) is 0 Å². The fraction of sp³-hybridized carbons (Fsp3) is 0.0400. The Labute approximate surface area is 174 Å². The Kier molecular flexibility index (Phi) is 4.62. The Hall–Kier alpha value is -4.12. The van der Waals surface area contributed by atoms with Crippen molar-refractivity contribution in [1.29, 1.82) is 0 Å². The Balaban J connectivity index is 1.48. The maximum absolute atomic E-state index is 5.46. The van der Waals surface area contributed by atoms with E-state index < -0.39 is 0 Å². The van der Waals surface area contributed by atoms with Gasteiger partial charge in [-0.15, -0.1) is 0 Å². The standard InChI is InChI=1S/C25H20N4O/c1-30-25-13-7-6-12-24(25)28-16-20(26-17-28)15-14-19-8-2-4-10-22(19)29-18-27-21-9-3-5-11-23(21)29/h2-18H,1H3/b15-14+. The van der Waals surface area contributed by atoms with Crippen LogP contribution in [0.4, 0.5) is 0 Å². The largest absolute Gasteiger partial charge is 0.495 e. The Morgan fingerprint density at radius 2 is 1.53 bits per heavy atom. The van der Waals surface area contributed by atoms with Gasteiger partial charge in [-0.05, 0) is 42.0 Å². The second-order valence-corrected chi connectivity index (χ2v) is 6.87. The predicted molar refractivity (Wildman–Crippen MR) is 120 cm³/mol. The second-order valence-electron chi connectivity index (χ2n) is 6.87. The molecular weight excluding hydrogens is 372 g/mol. The smallest absolute Gasteiger partial charge is 0.142 e. The third kappa shape index (κ3) is 3.26. The zero-order chi connectivity index (χ0) is 20.3. The van der Waals surface area contributed by atoms with Crippen molar-refractivity contribution < 1.29 is 4.74 Å². The van der Waals surface area contributed by atoms with Crippen LogP contribution in [0.1, 0.15) is 11.3 Å². The highest BCUT2D eigenvalue weighted by atomic mass is 16.5. The normalized spacial score (nSPS) is 11.4. The molecule has 0 fully saturated rings. The van der Waals surface area contributed by atoms with Crippen molar-refractivity contribution in [2.75, 3.05) is 7.11 Å². The van der Waals surface area contributed by atoms with Gasteiger partial charge in [-0.2, -0.15) is 0 Å². The molecule has 3 aromatic carbocycles. The predicted octanol–water partition coefficient (Wildman–Crippen LogP) is 5.39. The van der Waals surface area contributed by atoms with Gasteiger partial charge >= 0.3 is 0 Å². The zero-order valence-corrected chi connectivity index (χ0v) is 16.5. The molecular formula is C25H20N4O. The highest BCUT2D eigenvalue weighted by Crippen LogP contribution is 2.24. The number of benzene rings is 3. The number of nitrogens with zero attached hydrogens (tertiary/aromatic N) is 4. The number of hydrogen-bond acceptors (Lipinski definition) is 3. The summed E-state index contributed by atoms with van der Waals surface area (Å²) in [5, 5.41) is 0. The van der Waals surface area contributed by atoms with Crippen molar-refractivity contribution >= 4 is 23.2 Å². The third-order valence-corrected chi connectivity index (χ3v) is 5.05. The van der Waals surface area contributed by atoms with Gasteiger partial charge in [0.25, 0.3) is 0 Å². The molecule has 0 spiro atoms. The molecule has 5 heteroatoms. The van der Waals surface area contributed by atoms with Gasteiger partial charge in [-0.1, -0.05) is 48.5 Å². The molecule has 0 amide bonds. The van der Waals surface area contributed by atoms with Crippen molar-refractivity contribution in [3.63, 3.8) is 0 Å². The van der Waals surface area contributed by atoms with E-state index in [2.05, 4.69) is 38.8 Å². The van der Waals surface area contributed by atoms with Crippen LogP contribution in [-0.4, -0.2) is 26.2 Å². The van der Waals surface area contributed by atoms with Crippen LogP contribution < -0.4 is 4.74 Å². The van der Waals surface area contributed by atoms with Gasteiger partial charge in [0.05, 0.1) is 41.5 Å². The Morgan fingerprint density at radius 3 is 2.43 bits per heavy atom. The third-order valence-electron chi connectivity index (χ3n) is 5.05.